The minimum atomic E-state index is -1.34. The Morgan fingerprint density at radius 1 is 1.36 bits per heavy atom. The van der Waals surface area contributed by atoms with E-state index in [0.717, 1.165) is 5.56 Å². The second-order valence-electron chi connectivity index (χ2n) is 4.88. The van der Waals surface area contributed by atoms with Crippen molar-refractivity contribution in [3.8, 4) is 0 Å². The molecule has 2 aromatic heterocycles. The van der Waals surface area contributed by atoms with Crippen LogP contribution >= 0.6 is 0 Å². The third-order valence-electron chi connectivity index (χ3n) is 3.28. The molecule has 0 radical (unpaired) electrons. The molecule has 0 aliphatic heterocycles. The van der Waals surface area contributed by atoms with E-state index >= 15 is 0 Å². The number of nitrogens with zero attached hydrogens (tertiary/aromatic N) is 2. The maximum atomic E-state index is 12.9. The van der Waals surface area contributed by atoms with Crippen LogP contribution in [0.25, 0.3) is 11.2 Å². The molecule has 1 aromatic carbocycles. The van der Waals surface area contributed by atoms with E-state index in [1.807, 2.05) is 0 Å². The van der Waals surface area contributed by atoms with Crippen LogP contribution in [-0.4, -0.2) is 20.6 Å². The summed E-state index contributed by atoms with van der Waals surface area (Å²) in [7, 11) is 1.63. The number of rotatable bonds is 3. The average Bonchev–Trinajstić information content (AvgIpc) is 2.93. The molecule has 0 aliphatic carbocycles. The standard InChI is InChI=1S/C15H11FN2O4/c1-18-7-9(6-8-2-4-10(16)5-3-8)12(19)11-14(18)22-13(17-11)15(20)21/h2-5,7H,6H2,1H3,(H,20,21). The number of aromatic carboxylic acids is 1. The lowest BCUT2D eigenvalue weighted by Gasteiger charge is -2.04. The molecule has 0 amide bonds. The Morgan fingerprint density at radius 3 is 2.68 bits per heavy atom. The smallest absolute Gasteiger partial charge is 0.392 e. The van der Waals surface area contributed by atoms with Crippen LogP contribution in [0.1, 0.15) is 21.8 Å². The van der Waals surface area contributed by atoms with Gasteiger partial charge >= 0.3 is 11.9 Å². The molecule has 0 spiro atoms. The van der Waals surface area contributed by atoms with Crippen LogP contribution in [0.15, 0.2) is 39.7 Å². The average molecular weight is 302 g/mol. The Balaban J connectivity index is 2.10. The van der Waals surface area contributed by atoms with Crippen molar-refractivity contribution >= 4 is 17.2 Å². The van der Waals surface area contributed by atoms with E-state index in [0.29, 0.717) is 5.56 Å². The molecule has 0 atom stereocenters. The zero-order valence-corrected chi connectivity index (χ0v) is 11.5. The molecule has 6 nitrogen and oxygen atoms in total. The molecule has 0 saturated heterocycles. The molecule has 22 heavy (non-hydrogen) atoms. The molecule has 0 saturated carbocycles. The van der Waals surface area contributed by atoms with E-state index in [4.69, 9.17) is 9.52 Å². The van der Waals surface area contributed by atoms with Gasteiger partial charge in [0.05, 0.1) is 0 Å². The highest BCUT2D eigenvalue weighted by atomic mass is 19.1. The van der Waals surface area contributed by atoms with Crippen LogP contribution in [0, 0.1) is 5.82 Å². The first kappa shape index (κ1) is 14.0. The maximum absolute atomic E-state index is 12.9. The molecular weight excluding hydrogens is 291 g/mol. The van der Waals surface area contributed by atoms with E-state index < -0.39 is 17.3 Å². The maximum Gasteiger partial charge on any atom is 0.392 e. The van der Waals surface area contributed by atoms with Gasteiger partial charge in [-0.15, -0.1) is 0 Å². The number of hydrogen-bond acceptors (Lipinski definition) is 4. The van der Waals surface area contributed by atoms with Gasteiger partial charge in [-0.25, -0.2) is 9.18 Å². The van der Waals surface area contributed by atoms with Gasteiger partial charge in [0.25, 0.3) is 0 Å². The van der Waals surface area contributed by atoms with Gasteiger partial charge in [-0.1, -0.05) is 12.1 Å². The summed E-state index contributed by atoms with van der Waals surface area (Å²) in [6.45, 7) is 0. The largest absolute Gasteiger partial charge is 0.474 e. The molecular formula is C15H11FN2O4. The van der Waals surface area contributed by atoms with Gasteiger partial charge in [0, 0.05) is 25.2 Å². The molecule has 2 heterocycles. The number of carboxylic acids is 1. The van der Waals surface area contributed by atoms with Gasteiger partial charge in [-0.05, 0) is 17.7 Å². The number of carbonyl (C=O) groups is 1. The highest BCUT2D eigenvalue weighted by molar-refractivity contribution is 5.85. The van der Waals surface area contributed by atoms with E-state index in [2.05, 4.69) is 4.98 Å². The highest BCUT2D eigenvalue weighted by Crippen LogP contribution is 2.15. The van der Waals surface area contributed by atoms with Crippen molar-refractivity contribution in [3.63, 3.8) is 0 Å². The zero-order chi connectivity index (χ0) is 15.9. The van der Waals surface area contributed by atoms with Crippen molar-refractivity contribution in [1.82, 2.24) is 9.55 Å². The summed E-state index contributed by atoms with van der Waals surface area (Å²) in [4.78, 5) is 27.0. The van der Waals surface area contributed by atoms with Crippen LogP contribution in [0.4, 0.5) is 4.39 Å². The number of carboxylic acid groups (broad SMARTS) is 1. The molecule has 3 aromatic rings. The first-order valence-corrected chi connectivity index (χ1v) is 6.42. The lowest BCUT2D eigenvalue weighted by atomic mass is 10.1. The SMILES string of the molecule is Cn1cc(Cc2ccc(F)cc2)c(=O)c2nc(C(=O)O)oc21. The van der Waals surface area contributed by atoms with Crippen molar-refractivity contribution in [3.05, 3.63) is 63.5 Å². The summed E-state index contributed by atoms with van der Waals surface area (Å²) in [5, 5.41) is 8.90. The van der Waals surface area contributed by atoms with E-state index in [-0.39, 0.29) is 23.5 Å². The fourth-order valence-electron chi connectivity index (χ4n) is 2.24. The lowest BCUT2D eigenvalue weighted by molar-refractivity contribution is 0.0655. The monoisotopic (exact) mass is 302 g/mol. The summed E-state index contributed by atoms with van der Waals surface area (Å²) in [5.41, 5.74) is 0.866. The second kappa shape index (κ2) is 5.10. The van der Waals surface area contributed by atoms with Gasteiger partial charge in [0.2, 0.25) is 11.1 Å². The number of aryl methyl sites for hydroxylation is 1. The zero-order valence-electron chi connectivity index (χ0n) is 11.5. The van der Waals surface area contributed by atoms with Crippen LogP contribution in [0.5, 0.6) is 0 Å². The number of halogens is 1. The normalized spacial score (nSPS) is 11.0. The Hall–Kier alpha value is -2.96. The number of benzene rings is 1. The Morgan fingerprint density at radius 2 is 2.05 bits per heavy atom. The van der Waals surface area contributed by atoms with E-state index in [9.17, 15) is 14.0 Å². The molecule has 7 heteroatoms. The molecule has 0 fully saturated rings. The first-order chi connectivity index (χ1) is 10.5. The van der Waals surface area contributed by atoms with Gasteiger partial charge < -0.3 is 14.1 Å². The van der Waals surface area contributed by atoms with E-state index in [1.54, 1.807) is 25.4 Å². The Labute approximate surface area is 123 Å². The molecule has 0 unspecified atom stereocenters. The number of oxazole rings is 1. The molecule has 112 valence electrons. The van der Waals surface area contributed by atoms with Gasteiger partial charge in [0.1, 0.15) is 5.82 Å². The van der Waals surface area contributed by atoms with Gasteiger partial charge in [-0.2, -0.15) is 4.98 Å². The quantitative estimate of drug-likeness (QED) is 0.799. The Bertz CT molecular complexity index is 925. The van der Waals surface area contributed by atoms with Crippen molar-refractivity contribution in [2.24, 2.45) is 7.05 Å². The molecule has 3 rings (SSSR count). The van der Waals surface area contributed by atoms with Crippen LogP contribution < -0.4 is 5.43 Å². The van der Waals surface area contributed by atoms with Gasteiger partial charge in [-0.3, -0.25) is 4.79 Å². The molecule has 0 aliphatic rings. The first-order valence-electron chi connectivity index (χ1n) is 6.42. The highest BCUT2D eigenvalue weighted by Gasteiger charge is 2.18. The van der Waals surface area contributed by atoms with Crippen LogP contribution in [0.2, 0.25) is 0 Å². The third-order valence-corrected chi connectivity index (χ3v) is 3.28. The summed E-state index contributed by atoms with van der Waals surface area (Å²) in [6, 6.07) is 5.81. The number of hydrogen-bond donors (Lipinski definition) is 1. The number of fused-ring (bicyclic) bond motifs is 1. The molecule has 0 bridgehead atoms. The Kier molecular flexibility index (Phi) is 3.25. The number of aromatic nitrogens is 2. The minimum Gasteiger partial charge on any atom is -0.474 e. The predicted octanol–water partition coefficient (Wildman–Crippen LogP) is 1.95. The fraction of sp³-hybridized carbons (Fsp3) is 0.133. The van der Waals surface area contributed by atoms with Crippen molar-refractivity contribution in [2.45, 2.75) is 6.42 Å². The minimum absolute atomic E-state index is 0.0282. The topological polar surface area (TPSA) is 85.3 Å². The number of pyridine rings is 1. The van der Waals surface area contributed by atoms with E-state index in [1.165, 1.54) is 16.7 Å². The van der Waals surface area contributed by atoms with Crippen LogP contribution in [0.3, 0.4) is 0 Å². The van der Waals surface area contributed by atoms with Gasteiger partial charge in [0.15, 0.2) is 5.52 Å². The third kappa shape index (κ3) is 2.37. The van der Waals surface area contributed by atoms with Crippen molar-refractivity contribution in [2.75, 3.05) is 0 Å². The fourth-order valence-corrected chi connectivity index (χ4v) is 2.24. The summed E-state index contributed by atoms with van der Waals surface area (Å²) in [5.74, 6) is -2.22. The summed E-state index contributed by atoms with van der Waals surface area (Å²) < 4.78 is 19.5. The predicted molar refractivity (Wildman–Crippen MR) is 75.4 cm³/mol. The second-order valence-corrected chi connectivity index (χ2v) is 4.88. The summed E-state index contributed by atoms with van der Waals surface area (Å²) >= 11 is 0. The van der Waals surface area contributed by atoms with Crippen molar-refractivity contribution in [1.29, 1.82) is 0 Å². The van der Waals surface area contributed by atoms with Crippen LogP contribution in [-0.2, 0) is 13.5 Å². The summed E-state index contributed by atoms with van der Waals surface area (Å²) in [6.07, 6.45) is 1.85. The molecule has 1 N–H and O–H groups in total. The van der Waals surface area contributed by atoms with Crippen molar-refractivity contribution < 1.29 is 18.7 Å². The lowest BCUT2D eigenvalue weighted by Crippen LogP contribution is -2.13.